The van der Waals surface area contributed by atoms with Crippen LogP contribution in [0.1, 0.15) is 61.2 Å². The molecule has 0 spiro atoms. The third-order valence-corrected chi connectivity index (χ3v) is 9.54. The average Bonchev–Trinajstić information content (AvgIpc) is 3.49. The molecule has 4 aromatic rings. The first kappa shape index (κ1) is 57.2. The van der Waals surface area contributed by atoms with E-state index in [0.717, 1.165) is 75.9 Å². The first-order valence-electron chi connectivity index (χ1n) is 20.0. The number of carbonyl (C=O) groups is 4. The summed E-state index contributed by atoms with van der Waals surface area (Å²) in [6.07, 6.45) is 2.59. The van der Waals surface area contributed by atoms with E-state index in [0.29, 0.717) is 30.0 Å². The van der Waals surface area contributed by atoms with E-state index in [-0.39, 0.29) is 23.1 Å². The Hall–Kier alpha value is -7.86. The quantitative estimate of drug-likeness (QED) is 0.0559. The topological polar surface area (TPSA) is 298 Å². The van der Waals surface area contributed by atoms with Crippen LogP contribution in [0.3, 0.4) is 0 Å². The number of ether oxygens (including phenoxy) is 1. The van der Waals surface area contributed by atoms with Gasteiger partial charge in [-0.25, -0.2) is 18.4 Å². The van der Waals surface area contributed by atoms with Gasteiger partial charge in [0.1, 0.15) is 17.2 Å². The van der Waals surface area contributed by atoms with Gasteiger partial charge in [-0.2, -0.15) is 0 Å². The predicted molar refractivity (Wildman–Crippen MR) is 246 cm³/mol. The fraction of sp³-hybridized carbons (Fsp3) is 0.349. The van der Waals surface area contributed by atoms with Gasteiger partial charge in [0.2, 0.25) is 0 Å². The molecule has 0 fully saturated rings. The number of nitrogens with two attached hydrogens (primary N) is 1. The van der Waals surface area contributed by atoms with Crippen molar-refractivity contribution in [3.63, 3.8) is 0 Å². The third kappa shape index (κ3) is 16.0. The average molecular weight is 944 g/mol. The number of nitrogens with zero attached hydrogens (tertiary/aromatic N) is 7. The molecule has 0 aromatic heterocycles. The van der Waals surface area contributed by atoms with Gasteiger partial charge in [0.15, 0.2) is 11.1 Å². The van der Waals surface area contributed by atoms with Crippen LogP contribution in [-0.4, -0.2) is 141 Å². The Morgan fingerprint density at radius 2 is 1.07 bits per heavy atom. The zero-order valence-corrected chi connectivity index (χ0v) is 38.2. The SMILES string of the molecule is CCCCNC.CN1CCN(C)c2cccc(N)c2C1=O.CN1CCN(C)c2cccc([N+](=O)[O-])c2C1=O.CO.COC(=O)c1c(F)cccc1[N+](=O)[O-].O=C(O)c1c(F)cccc1[N+](=O)[O-]. The molecule has 5 N–H and O–H groups in total. The molecule has 2 aliphatic heterocycles. The van der Waals surface area contributed by atoms with E-state index in [1.54, 1.807) is 37.2 Å². The van der Waals surface area contributed by atoms with Crippen LogP contribution in [0.5, 0.6) is 0 Å². The lowest BCUT2D eigenvalue weighted by molar-refractivity contribution is -0.385. The number of hydrogen-bond donors (Lipinski definition) is 4. The fourth-order valence-electron chi connectivity index (χ4n) is 5.95. The number of carbonyl (C=O) groups excluding carboxylic acids is 3. The molecule has 0 atom stereocenters. The Balaban J connectivity index is 0.000000425. The molecule has 0 saturated carbocycles. The lowest BCUT2D eigenvalue weighted by atomic mass is 10.1. The van der Waals surface area contributed by atoms with Crippen LogP contribution in [0.2, 0.25) is 0 Å². The van der Waals surface area contributed by atoms with E-state index in [1.165, 1.54) is 23.8 Å². The van der Waals surface area contributed by atoms with Gasteiger partial charge < -0.3 is 45.6 Å². The maximum absolute atomic E-state index is 13.0. The lowest BCUT2D eigenvalue weighted by Gasteiger charge is -2.18. The number of aliphatic hydroxyl groups is 1. The highest BCUT2D eigenvalue weighted by atomic mass is 19.1. The first-order chi connectivity index (χ1) is 31.7. The number of fused-ring (bicyclic) bond motifs is 2. The molecule has 4 aromatic carbocycles. The second-order valence-corrected chi connectivity index (χ2v) is 14.0. The van der Waals surface area contributed by atoms with E-state index in [1.807, 2.05) is 38.2 Å². The normalized spacial score (nSPS) is 12.3. The standard InChI is InChI=1S/C11H13N3O3.C11H15N3O.C8H6FNO4.C7H4FNO4.C5H13N.CH4O/c1-12-6-7-13(2)11(15)10-8(12)4-3-5-9(10)14(16)17;1-13-6-7-14(2)11(15)10-8(12)4-3-5-9(10)13;1-14-8(11)7-5(9)3-2-4-6(7)10(12)13;8-4-2-1-3-5(9(12)13)6(4)7(10)11;1-3-4-5-6-2;1-2/h3-5H,6-7H2,1-2H3;3-5H,6-7,12H2,1-2H3;2-4H,1H3;1-3H,(H,10,11);6H,3-5H2,1-2H3;2H,1H3. The van der Waals surface area contributed by atoms with Gasteiger partial charge in [-0.1, -0.05) is 37.6 Å². The van der Waals surface area contributed by atoms with Crippen molar-refractivity contribution in [1.29, 1.82) is 0 Å². The number of rotatable bonds is 8. The van der Waals surface area contributed by atoms with Crippen molar-refractivity contribution in [2.24, 2.45) is 0 Å². The van der Waals surface area contributed by atoms with Crippen LogP contribution >= 0.6 is 0 Å². The molecular formula is C43H55F2N9O13. The summed E-state index contributed by atoms with van der Waals surface area (Å²) >= 11 is 0. The van der Waals surface area contributed by atoms with E-state index in [9.17, 15) is 58.3 Å². The Kier molecular flexibility index (Phi) is 24.0. The van der Waals surface area contributed by atoms with Crippen LogP contribution < -0.4 is 20.9 Å². The van der Waals surface area contributed by atoms with Crippen LogP contribution in [0, 0.1) is 42.0 Å². The number of carboxylic acid groups (broad SMARTS) is 1. The first-order valence-corrected chi connectivity index (χ1v) is 20.0. The minimum Gasteiger partial charge on any atom is -0.477 e. The summed E-state index contributed by atoms with van der Waals surface area (Å²) in [5, 5.41) is 50.2. The highest BCUT2D eigenvalue weighted by Crippen LogP contribution is 2.32. The number of aliphatic hydroxyl groups excluding tert-OH is 1. The summed E-state index contributed by atoms with van der Waals surface area (Å²) in [4.78, 5) is 82.0. The van der Waals surface area contributed by atoms with Crippen molar-refractivity contribution >= 4 is 57.9 Å². The van der Waals surface area contributed by atoms with Gasteiger partial charge in [-0.05, 0) is 50.3 Å². The second kappa shape index (κ2) is 28.1. The fourth-order valence-corrected chi connectivity index (χ4v) is 5.95. The van der Waals surface area contributed by atoms with Gasteiger partial charge in [0.25, 0.3) is 28.9 Å². The zero-order chi connectivity index (χ0) is 51.1. The van der Waals surface area contributed by atoms with E-state index in [2.05, 4.69) is 21.9 Å². The number of nitrogens with one attached hydrogen (secondary N) is 1. The van der Waals surface area contributed by atoms with Gasteiger partial charge in [-0.3, -0.25) is 39.9 Å². The molecule has 2 aliphatic rings. The van der Waals surface area contributed by atoms with Crippen LogP contribution in [-0.2, 0) is 4.74 Å². The summed E-state index contributed by atoms with van der Waals surface area (Å²) in [6, 6.07) is 16.3. The number of halogens is 2. The molecule has 22 nitrogen and oxygen atoms in total. The Labute approximate surface area is 384 Å². The molecular weight excluding hydrogens is 889 g/mol. The molecule has 0 saturated heterocycles. The second-order valence-electron chi connectivity index (χ2n) is 14.0. The molecule has 2 heterocycles. The monoisotopic (exact) mass is 943 g/mol. The Morgan fingerprint density at radius 1 is 0.687 bits per heavy atom. The molecule has 24 heteroatoms. The number of unbranched alkanes of at least 4 members (excludes halogenated alkanes) is 1. The Morgan fingerprint density at radius 3 is 1.48 bits per heavy atom. The minimum atomic E-state index is -1.65. The maximum Gasteiger partial charge on any atom is 0.347 e. The van der Waals surface area contributed by atoms with Crippen molar-refractivity contribution in [3.05, 3.63) is 137 Å². The number of nitro groups is 3. The van der Waals surface area contributed by atoms with Crippen molar-refractivity contribution in [1.82, 2.24) is 15.1 Å². The van der Waals surface area contributed by atoms with Crippen molar-refractivity contribution < 1.29 is 57.7 Å². The lowest BCUT2D eigenvalue weighted by Crippen LogP contribution is -2.30. The highest BCUT2D eigenvalue weighted by Gasteiger charge is 2.31. The summed E-state index contributed by atoms with van der Waals surface area (Å²) in [6.45, 7) is 6.13. The zero-order valence-electron chi connectivity index (χ0n) is 38.2. The van der Waals surface area contributed by atoms with Crippen LogP contribution in [0.15, 0.2) is 72.8 Å². The maximum atomic E-state index is 13.0. The smallest absolute Gasteiger partial charge is 0.347 e. The molecule has 0 bridgehead atoms. The number of aromatic carboxylic acids is 1. The van der Waals surface area contributed by atoms with E-state index in [4.69, 9.17) is 15.9 Å². The van der Waals surface area contributed by atoms with Gasteiger partial charge >= 0.3 is 11.9 Å². The number of esters is 1. The van der Waals surface area contributed by atoms with Crippen LogP contribution in [0.25, 0.3) is 0 Å². The number of hydrogen-bond acceptors (Lipinski definition) is 16. The molecule has 0 aliphatic carbocycles. The van der Waals surface area contributed by atoms with E-state index < -0.39 is 60.8 Å². The summed E-state index contributed by atoms with van der Waals surface area (Å²) in [5.74, 6) is -5.07. The number of carboxylic acids is 1. The molecule has 0 radical (unpaired) electrons. The Bertz CT molecular complexity index is 2370. The van der Waals surface area contributed by atoms with Crippen molar-refractivity contribution in [2.45, 2.75) is 19.8 Å². The number of nitrogen functional groups attached to an aromatic ring is 1. The highest BCUT2D eigenvalue weighted by molar-refractivity contribution is 6.05. The van der Waals surface area contributed by atoms with Crippen LogP contribution in [0.4, 0.5) is 42.9 Å². The molecule has 0 unspecified atom stereocenters. The number of amides is 2. The van der Waals surface area contributed by atoms with Gasteiger partial charge in [0.05, 0.1) is 38.8 Å². The third-order valence-electron chi connectivity index (χ3n) is 9.54. The van der Waals surface area contributed by atoms with Gasteiger partial charge in [0, 0.05) is 85.4 Å². The number of nitro benzene ring substituents is 3. The summed E-state index contributed by atoms with van der Waals surface area (Å²) < 4.78 is 30.0. The van der Waals surface area contributed by atoms with E-state index >= 15 is 0 Å². The minimum absolute atomic E-state index is 0.00690. The largest absolute Gasteiger partial charge is 0.477 e. The number of benzene rings is 4. The summed E-state index contributed by atoms with van der Waals surface area (Å²) in [5.41, 5.74) is 5.71. The summed E-state index contributed by atoms with van der Waals surface area (Å²) in [7, 11) is 11.3. The van der Waals surface area contributed by atoms with Crippen molar-refractivity contribution in [2.75, 3.05) is 97.7 Å². The number of methoxy groups -OCH3 is 1. The molecule has 67 heavy (non-hydrogen) atoms. The van der Waals surface area contributed by atoms with Crippen molar-refractivity contribution in [3.8, 4) is 0 Å². The number of likely N-dealkylation sites (N-methyl/N-ethyl adjacent to an activating group) is 4. The molecule has 2 amide bonds. The van der Waals surface area contributed by atoms with Gasteiger partial charge in [-0.15, -0.1) is 0 Å². The number of anilines is 3. The molecule has 364 valence electrons. The molecule has 6 rings (SSSR count). The predicted octanol–water partition coefficient (Wildman–Crippen LogP) is 5.47.